The Morgan fingerprint density at radius 1 is 1.28 bits per heavy atom. The number of aliphatic hydroxyl groups is 1. The number of benzene rings is 1. The van der Waals surface area contributed by atoms with Gasteiger partial charge in [0, 0.05) is 17.8 Å². The summed E-state index contributed by atoms with van der Waals surface area (Å²) in [4.78, 5) is 25.4. The van der Waals surface area contributed by atoms with Gasteiger partial charge in [0.05, 0.1) is 12.1 Å². The Balaban J connectivity index is 1.59. The lowest BCUT2D eigenvalue weighted by Gasteiger charge is -2.22. The zero-order valence-corrected chi connectivity index (χ0v) is 18.6. The normalized spacial score (nSPS) is 20.1. The average Bonchev–Trinajstić information content (AvgIpc) is 3.31. The van der Waals surface area contributed by atoms with E-state index in [0.717, 1.165) is 26.7 Å². The van der Waals surface area contributed by atoms with Crippen LogP contribution < -0.4 is 0 Å². The number of aromatic carboxylic acids is 1. The monoisotopic (exact) mass is 463 g/mol. The van der Waals surface area contributed by atoms with E-state index in [9.17, 15) is 23.5 Å². The van der Waals surface area contributed by atoms with Crippen LogP contribution in [0.1, 0.15) is 39.9 Å². The molecule has 2 N–H and O–H groups in total. The number of aliphatic hydroxyl groups excluding tert-OH is 1. The highest BCUT2D eigenvalue weighted by Crippen LogP contribution is 2.34. The molecule has 3 rings (SSSR count). The van der Waals surface area contributed by atoms with Gasteiger partial charge in [0.2, 0.25) is 0 Å². The van der Waals surface area contributed by atoms with Crippen molar-refractivity contribution in [2.24, 2.45) is 5.92 Å². The molecule has 0 bridgehead atoms. The van der Waals surface area contributed by atoms with Gasteiger partial charge >= 0.3 is 11.9 Å². The lowest BCUT2D eigenvalue weighted by Crippen LogP contribution is -2.37. The number of aryl methyl sites for hydroxylation is 1. The lowest BCUT2D eigenvalue weighted by atomic mass is 9.95. The van der Waals surface area contributed by atoms with Crippen molar-refractivity contribution < 1.29 is 28.6 Å². The second kappa shape index (κ2) is 10.4. The fraction of sp³-hybridized carbons (Fsp3) is 0.417. The number of carboxylic acids is 1. The van der Waals surface area contributed by atoms with Crippen LogP contribution in [0.15, 0.2) is 54.6 Å². The van der Waals surface area contributed by atoms with Gasteiger partial charge in [-0.05, 0) is 42.9 Å². The summed E-state index contributed by atoms with van der Waals surface area (Å²) in [6.07, 6.45) is 3.19. The molecule has 0 spiro atoms. The van der Waals surface area contributed by atoms with Crippen LogP contribution in [0.5, 0.6) is 0 Å². The number of hydrogen-bond acceptors (Lipinski definition) is 4. The molecule has 1 aromatic heterocycles. The van der Waals surface area contributed by atoms with E-state index in [1.165, 1.54) is 18.2 Å². The molecule has 5 nitrogen and oxygen atoms in total. The van der Waals surface area contributed by atoms with Gasteiger partial charge < -0.3 is 15.1 Å². The molecule has 1 aliphatic rings. The van der Waals surface area contributed by atoms with Gasteiger partial charge in [0.15, 0.2) is 0 Å². The van der Waals surface area contributed by atoms with Crippen molar-refractivity contribution in [1.82, 2.24) is 4.90 Å². The minimum Gasteiger partial charge on any atom is -0.477 e. The highest BCUT2D eigenvalue weighted by atomic mass is 32.1. The van der Waals surface area contributed by atoms with Gasteiger partial charge in [-0.25, -0.2) is 4.79 Å². The van der Waals surface area contributed by atoms with E-state index in [1.807, 2.05) is 37.3 Å². The molecule has 0 unspecified atom stereocenters. The number of halogens is 2. The Morgan fingerprint density at radius 2 is 2.00 bits per heavy atom. The quantitative estimate of drug-likeness (QED) is 0.512. The van der Waals surface area contributed by atoms with Crippen molar-refractivity contribution in [3.05, 3.63) is 69.9 Å². The van der Waals surface area contributed by atoms with Crippen molar-refractivity contribution in [2.45, 2.75) is 50.7 Å². The van der Waals surface area contributed by atoms with Crippen LogP contribution in [0.2, 0.25) is 0 Å². The number of nitrogens with zero attached hydrogens (tertiary/aromatic N) is 1. The highest BCUT2D eigenvalue weighted by Gasteiger charge is 2.52. The maximum absolute atomic E-state index is 14.1. The molecule has 3 atom stereocenters. The molecule has 1 amide bonds. The van der Waals surface area contributed by atoms with Gasteiger partial charge in [0.1, 0.15) is 4.88 Å². The fourth-order valence-electron chi connectivity index (χ4n) is 3.85. The standard InChI is InChI=1S/C24H27F2NO4S/c1-16(14-17-6-3-2-4-7-17)20(28)11-9-18-15-24(25,26)23(31)27(18)13-5-8-19-10-12-21(32-19)22(29)30/h2-4,6-7,9-12,16,18,20,28H,5,8,13-15H2,1H3,(H,29,30)/b11-9+/t16-,18-,20-/m0/s1. The van der Waals surface area contributed by atoms with Crippen LogP contribution in [0, 0.1) is 5.92 Å². The number of rotatable bonds is 10. The van der Waals surface area contributed by atoms with Gasteiger partial charge in [-0.3, -0.25) is 4.79 Å². The molecular formula is C24H27F2NO4S. The second-order valence-corrected chi connectivity index (χ2v) is 9.36. The first-order valence-corrected chi connectivity index (χ1v) is 11.4. The van der Waals surface area contributed by atoms with E-state index < -0.39 is 36.4 Å². The average molecular weight is 464 g/mol. The lowest BCUT2D eigenvalue weighted by molar-refractivity contribution is -0.148. The minimum atomic E-state index is -3.42. The van der Waals surface area contributed by atoms with Crippen molar-refractivity contribution in [2.75, 3.05) is 6.54 Å². The second-order valence-electron chi connectivity index (χ2n) is 8.19. The summed E-state index contributed by atoms with van der Waals surface area (Å²) < 4.78 is 28.2. The summed E-state index contributed by atoms with van der Waals surface area (Å²) in [6.45, 7) is 2.03. The summed E-state index contributed by atoms with van der Waals surface area (Å²) in [7, 11) is 0. The Hall–Kier alpha value is -2.58. The Kier molecular flexibility index (Phi) is 7.79. The molecule has 1 fully saturated rings. The van der Waals surface area contributed by atoms with E-state index in [-0.39, 0.29) is 17.3 Å². The van der Waals surface area contributed by atoms with Crippen molar-refractivity contribution in [3.8, 4) is 0 Å². The number of amides is 1. The van der Waals surface area contributed by atoms with E-state index in [1.54, 1.807) is 6.07 Å². The number of carboxylic acid groups (broad SMARTS) is 1. The van der Waals surface area contributed by atoms with Gasteiger partial charge in [-0.2, -0.15) is 8.78 Å². The molecule has 1 aromatic carbocycles. The minimum absolute atomic E-state index is 0.109. The van der Waals surface area contributed by atoms with Crippen molar-refractivity contribution in [1.29, 1.82) is 0 Å². The molecule has 32 heavy (non-hydrogen) atoms. The summed E-state index contributed by atoms with van der Waals surface area (Å²) in [5, 5.41) is 19.5. The maximum Gasteiger partial charge on any atom is 0.345 e. The number of carbonyl (C=O) groups excluding carboxylic acids is 1. The van der Waals surface area contributed by atoms with Crippen LogP contribution in [0.3, 0.4) is 0 Å². The Morgan fingerprint density at radius 3 is 2.66 bits per heavy atom. The van der Waals surface area contributed by atoms with E-state index >= 15 is 0 Å². The molecular weight excluding hydrogens is 436 g/mol. The maximum atomic E-state index is 14.1. The van der Waals surface area contributed by atoms with Gasteiger partial charge in [-0.15, -0.1) is 11.3 Å². The number of alkyl halides is 2. The van der Waals surface area contributed by atoms with Crippen LogP contribution >= 0.6 is 11.3 Å². The number of hydrogen-bond donors (Lipinski definition) is 2. The van der Waals surface area contributed by atoms with E-state index in [0.29, 0.717) is 19.3 Å². The Bertz CT molecular complexity index is 960. The zero-order chi connectivity index (χ0) is 23.3. The SMILES string of the molecule is C[C@@H](Cc1ccccc1)[C@@H](O)/C=C/[C@H]1CC(F)(F)C(=O)N1CCCc1ccc(C(=O)O)s1. The largest absolute Gasteiger partial charge is 0.477 e. The molecule has 0 saturated carbocycles. The fourth-order valence-corrected chi connectivity index (χ4v) is 4.74. The third-order valence-electron chi connectivity index (χ3n) is 5.65. The van der Waals surface area contributed by atoms with Crippen molar-refractivity contribution >= 4 is 23.2 Å². The summed E-state index contributed by atoms with van der Waals surface area (Å²) >= 11 is 1.14. The first-order chi connectivity index (χ1) is 15.2. The molecule has 1 saturated heterocycles. The third kappa shape index (κ3) is 6.01. The predicted molar refractivity (Wildman–Crippen MR) is 119 cm³/mol. The first kappa shape index (κ1) is 24.1. The van der Waals surface area contributed by atoms with E-state index in [4.69, 9.17) is 5.11 Å². The van der Waals surface area contributed by atoms with Gasteiger partial charge in [0.25, 0.3) is 5.91 Å². The third-order valence-corrected chi connectivity index (χ3v) is 6.78. The van der Waals surface area contributed by atoms with Crippen LogP contribution in [0.25, 0.3) is 0 Å². The smallest absolute Gasteiger partial charge is 0.345 e. The molecule has 1 aliphatic heterocycles. The van der Waals surface area contributed by atoms with Crippen LogP contribution in [-0.2, 0) is 17.6 Å². The Labute approximate surface area is 190 Å². The van der Waals surface area contributed by atoms with Crippen molar-refractivity contribution in [3.63, 3.8) is 0 Å². The number of thiophene rings is 1. The number of carbonyl (C=O) groups is 2. The predicted octanol–water partition coefficient (Wildman–Crippen LogP) is 4.41. The van der Waals surface area contributed by atoms with Crippen LogP contribution in [0.4, 0.5) is 8.78 Å². The van der Waals surface area contributed by atoms with Crippen LogP contribution in [-0.4, -0.2) is 51.6 Å². The first-order valence-electron chi connectivity index (χ1n) is 10.6. The van der Waals surface area contributed by atoms with Gasteiger partial charge in [-0.1, -0.05) is 49.4 Å². The molecule has 8 heteroatoms. The molecule has 0 aliphatic carbocycles. The summed E-state index contributed by atoms with van der Waals surface area (Å²) in [5.41, 5.74) is 1.08. The highest BCUT2D eigenvalue weighted by molar-refractivity contribution is 7.13. The molecule has 2 heterocycles. The topological polar surface area (TPSA) is 77.8 Å². The summed E-state index contributed by atoms with van der Waals surface area (Å²) in [6, 6.07) is 12.1. The zero-order valence-electron chi connectivity index (χ0n) is 17.8. The number of likely N-dealkylation sites (tertiary alicyclic amines) is 1. The molecule has 2 aromatic rings. The molecule has 0 radical (unpaired) electrons. The summed E-state index contributed by atoms with van der Waals surface area (Å²) in [5.74, 6) is -5.73. The molecule has 172 valence electrons. The van der Waals surface area contributed by atoms with E-state index in [2.05, 4.69) is 0 Å².